The van der Waals surface area contributed by atoms with Crippen molar-refractivity contribution in [3.05, 3.63) is 59.7 Å². The van der Waals surface area contributed by atoms with Crippen LogP contribution in [0, 0.1) is 0 Å². The molecule has 0 spiro atoms. The van der Waals surface area contributed by atoms with Crippen LogP contribution in [0.4, 0.5) is 5.69 Å². The molecule has 27 heavy (non-hydrogen) atoms. The van der Waals surface area contributed by atoms with E-state index in [1.165, 1.54) is 19.1 Å². The van der Waals surface area contributed by atoms with Crippen molar-refractivity contribution >= 4 is 27.6 Å². The summed E-state index contributed by atoms with van der Waals surface area (Å²) in [6.07, 6.45) is 0.600. The number of hydrogen-bond acceptors (Lipinski definition) is 4. The summed E-state index contributed by atoms with van der Waals surface area (Å²) in [6, 6.07) is 12.0. The average molecular weight is 388 g/mol. The molecule has 0 radical (unpaired) electrons. The summed E-state index contributed by atoms with van der Waals surface area (Å²) in [7, 11) is -4.02. The topological polar surface area (TPSA) is 104 Å². The minimum absolute atomic E-state index is 0.00837. The second-order valence-electron chi connectivity index (χ2n) is 6.41. The predicted molar refractivity (Wildman–Crippen MR) is 100 cm³/mol. The number of sulfonamides is 1. The van der Waals surface area contributed by atoms with Crippen LogP contribution in [0.2, 0.25) is 0 Å². The van der Waals surface area contributed by atoms with Crippen molar-refractivity contribution in [3.8, 4) is 0 Å². The number of carbonyl (C=O) groups excluding carboxylic acids is 1. The summed E-state index contributed by atoms with van der Waals surface area (Å²) in [5, 5.41) is 9.42. The molecule has 0 aromatic heterocycles. The van der Waals surface area contributed by atoms with Gasteiger partial charge in [0, 0.05) is 19.2 Å². The molecule has 142 valence electrons. The number of nitrogens with one attached hydrogen (secondary N) is 1. The van der Waals surface area contributed by atoms with Gasteiger partial charge in [0.25, 0.3) is 0 Å². The second-order valence-corrected chi connectivity index (χ2v) is 8.13. The van der Waals surface area contributed by atoms with Crippen LogP contribution in [0.25, 0.3) is 0 Å². The van der Waals surface area contributed by atoms with Crippen molar-refractivity contribution in [2.45, 2.75) is 30.7 Å². The zero-order valence-electron chi connectivity index (χ0n) is 14.8. The van der Waals surface area contributed by atoms with Crippen LogP contribution in [0.5, 0.6) is 0 Å². The Morgan fingerprint density at radius 1 is 1.19 bits per heavy atom. The molecule has 0 unspecified atom stereocenters. The van der Waals surface area contributed by atoms with E-state index in [0.717, 1.165) is 11.1 Å². The van der Waals surface area contributed by atoms with Crippen molar-refractivity contribution in [2.24, 2.45) is 0 Å². The highest BCUT2D eigenvalue weighted by Gasteiger charge is 2.28. The van der Waals surface area contributed by atoms with Gasteiger partial charge in [-0.2, -0.15) is 4.72 Å². The largest absolute Gasteiger partial charge is 0.480 e. The van der Waals surface area contributed by atoms with Gasteiger partial charge in [0.05, 0.1) is 4.90 Å². The third-order valence-corrected chi connectivity index (χ3v) is 5.98. The molecule has 1 atom stereocenters. The minimum Gasteiger partial charge on any atom is -0.480 e. The zero-order chi connectivity index (χ0) is 19.6. The third kappa shape index (κ3) is 4.17. The number of aliphatic carboxylic acids is 1. The zero-order valence-corrected chi connectivity index (χ0v) is 15.6. The van der Waals surface area contributed by atoms with Crippen molar-refractivity contribution in [1.82, 2.24) is 4.72 Å². The fourth-order valence-electron chi connectivity index (χ4n) is 3.16. The Morgan fingerprint density at radius 3 is 2.52 bits per heavy atom. The van der Waals surface area contributed by atoms with Gasteiger partial charge in [-0.25, -0.2) is 8.42 Å². The van der Waals surface area contributed by atoms with Crippen molar-refractivity contribution in [1.29, 1.82) is 0 Å². The lowest BCUT2D eigenvalue weighted by Gasteiger charge is -2.17. The number of amides is 1. The summed E-state index contributed by atoms with van der Waals surface area (Å²) in [5.41, 5.74) is 2.17. The number of rotatable bonds is 6. The Balaban J connectivity index is 1.83. The van der Waals surface area contributed by atoms with E-state index in [2.05, 4.69) is 4.72 Å². The molecule has 7 nitrogen and oxygen atoms in total. The monoisotopic (exact) mass is 388 g/mol. The first-order valence-corrected chi connectivity index (χ1v) is 9.96. The van der Waals surface area contributed by atoms with Gasteiger partial charge in [-0.1, -0.05) is 30.3 Å². The Hall–Kier alpha value is -2.71. The Kier molecular flexibility index (Phi) is 5.29. The fourth-order valence-corrected chi connectivity index (χ4v) is 4.40. The molecule has 0 saturated carbocycles. The SMILES string of the molecule is CC(=O)N1CCc2cc(S(=O)(=O)N[C@@H](Cc3ccccc3)C(=O)O)ccc21. The van der Waals surface area contributed by atoms with Crippen LogP contribution in [0.3, 0.4) is 0 Å². The van der Waals surface area contributed by atoms with Gasteiger partial charge in [0.15, 0.2) is 0 Å². The Labute approximate surface area is 157 Å². The van der Waals surface area contributed by atoms with Crippen LogP contribution < -0.4 is 9.62 Å². The number of hydrogen-bond donors (Lipinski definition) is 2. The van der Waals surface area contributed by atoms with Gasteiger partial charge in [-0.3, -0.25) is 9.59 Å². The lowest BCUT2D eigenvalue weighted by atomic mass is 10.1. The van der Waals surface area contributed by atoms with Gasteiger partial charge in [0.1, 0.15) is 6.04 Å². The first-order chi connectivity index (χ1) is 12.8. The summed E-state index contributed by atoms with van der Waals surface area (Å²) >= 11 is 0. The normalized spacial score (nSPS) is 14.6. The molecule has 0 aliphatic carbocycles. The smallest absolute Gasteiger partial charge is 0.322 e. The standard InChI is InChI=1S/C19H20N2O5S/c1-13(22)21-10-9-15-12-16(7-8-18(15)21)27(25,26)20-17(19(23)24)11-14-5-3-2-4-6-14/h2-8,12,17,20H,9-11H2,1H3,(H,23,24)/t17-/m0/s1. The van der Waals surface area contributed by atoms with Gasteiger partial charge in [-0.05, 0) is 42.2 Å². The van der Waals surface area contributed by atoms with Crippen molar-refractivity contribution < 1.29 is 23.1 Å². The molecule has 1 heterocycles. The van der Waals surface area contributed by atoms with Crippen LogP contribution >= 0.6 is 0 Å². The van der Waals surface area contributed by atoms with E-state index in [-0.39, 0.29) is 17.2 Å². The summed E-state index contributed by atoms with van der Waals surface area (Å²) in [5.74, 6) is -1.34. The molecule has 1 aliphatic rings. The molecule has 0 fully saturated rings. The maximum Gasteiger partial charge on any atom is 0.322 e. The second kappa shape index (κ2) is 7.50. The summed E-state index contributed by atoms with van der Waals surface area (Å²) < 4.78 is 27.7. The first kappa shape index (κ1) is 19.1. The molecular formula is C19H20N2O5S. The molecule has 2 N–H and O–H groups in total. The summed E-state index contributed by atoms with van der Waals surface area (Å²) in [4.78, 5) is 24.7. The van der Waals surface area contributed by atoms with E-state index in [4.69, 9.17) is 0 Å². The van der Waals surface area contributed by atoms with E-state index in [0.29, 0.717) is 18.7 Å². The lowest BCUT2D eigenvalue weighted by molar-refractivity contribution is -0.138. The van der Waals surface area contributed by atoms with Gasteiger partial charge in [-0.15, -0.1) is 0 Å². The maximum atomic E-state index is 12.7. The van der Waals surface area contributed by atoms with Gasteiger partial charge < -0.3 is 10.0 Å². The number of anilines is 1. The molecular weight excluding hydrogens is 368 g/mol. The number of carboxylic acids is 1. The number of benzene rings is 2. The molecule has 1 amide bonds. The molecule has 0 saturated heterocycles. The first-order valence-electron chi connectivity index (χ1n) is 8.48. The van der Waals surface area contributed by atoms with Crippen LogP contribution in [0.15, 0.2) is 53.4 Å². The van der Waals surface area contributed by atoms with E-state index in [1.54, 1.807) is 41.3 Å². The number of carboxylic acid groups (broad SMARTS) is 1. The average Bonchev–Trinajstić information content (AvgIpc) is 3.05. The van der Waals surface area contributed by atoms with Crippen LogP contribution in [0.1, 0.15) is 18.1 Å². The minimum atomic E-state index is -4.02. The molecule has 3 rings (SSSR count). The fraction of sp³-hybridized carbons (Fsp3) is 0.263. The molecule has 1 aliphatic heterocycles. The molecule has 8 heteroatoms. The lowest BCUT2D eigenvalue weighted by Crippen LogP contribution is -2.42. The van der Waals surface area contributed by atoms with E-state index in [1.807, 2.05) is 0 Å². The summed E-state index contributed by atoms with van der Waals surface area (Å²) in [6.45, 7) is 1.97. The van der Waals surface area contributed by atoms with E-state index >= 15 is 0 Å². The van der Waals surface area contributed by atoms with Crippen LogP contribution in [-0.4, -0.2) is 38.0 Å². The maximum absolute atomic E-state index is 12.7. The Bertz CT molecular complexity index is 973. The molecule has 2 aromatic rings. The number of carbonyl (C=O) groups is 2. The third-order valence-electron chi connectivity index (χ3n) is 4.52. The number of nitrogens with zero attached hydrogens (tertiary/aromatic N) is 1. The predicted octanol–water partition coefficient (Wildman–Crippen LogP) is 1.57. The highest BCUT2D eigenvalue weighted by Crippen LogP contribution is 2.30. The van der Waals surface area contributed by atoms with Crippen molar-refractivity contribution in [3.63, 3.8) is 0 Å². The number of fused-ring (bicyclic) bond motifs is 1. The van der Waals surface area contributed by atoms with Crippen LogP contribution in [-0.2, 0) is 32.5 Å². The highest BCUT2D eigenvalue weighted by atomic mass is 32.2. The highest BCUT2D eigenvalue weighted by molar-refractivity contribution is 7.89. The molecule has 2 aromatic carbocycles. The van der Waals surface area contributed by atoms with Gasteiger partial charge >= 0.3 is 5.97 Å². The van der Waals surface area contributed by atoms with E-state index in [9.17, 15) is 23.1 Å². The van der Waals surface area contributed by atoms with Gasteiger partial charge in [0.2, 0.25) is 15.9 Å². The Morgan fingerprint density at radius 2 is 1.89 bits per heavy atom. The van der Waals surface area contributed by atoms with E-state index < -0.39 is 22.0 Å². The quantitative estimate of drug-likeness (QED) is 0.782. The molecule has 0 bridgehead atoms. The van der Waals surface area contributed by atoms with Crippen molar-refractivity contribution in [2.75, 3.05) is 11.4 Å².